The number of hydrogen-bond acceptors (Lipinski definition) is 4. The maximum absolute atomic E-state index is 12.9. The monoisotopic (exact) mass is 368 g/mol. The number of hydrogen-bond donors (Lipinski definition) is 1. The van der Waals surface area contributed by atoms with Crippen molar-refractivity contribution in [2.24, 2.45) is 0 Å². The summed E-state index contributed by atoms with van der Waals surface area (Å²) in [6.45, 7) is 0.618. The van der Waals surface area contributed by atoms with Gasteiger partial charge in [0, 0.05) is 12.7 Å². The van der Waals surface area contributed by atoms with Crippen molar-refractivity contribution < 1.29 is 8.42 Å². The van der Waals surface area contributed by atoms with Gasteiger partial charge in [0.05, 0.1) is 5.69 Å². The zero-order valence-electron chi connectivity index (χ0n) is 12.5. The van der Waals surface area contributed by atoms with E-state index in [1.165, 1.54) is 15.3 Å². The molecule has 0 aliphatic rings. The summed E-state index contributed by atoms with van der Waals surface area (Å²) in [6, 6.07) is 14.8. The highest BCUT2D eigenvalue weighted by Crippen LogP contribution is 2.28. The minimum atomic E-state index is -3.56. The Labute approximate surface area is 146 Å². The molecule has 0 radical (unpaired) electrons. The Morgan fingerprint density at radius 2 is 1.87 bits per heavy atom. The van der Waals surface area contributed by atoms with Gasteiger partial charge < -0.3 is 5.32 Å². The molecule has 122 valence electrons. The van der Waals surface area contributed by atoms with E-state index >= 15 is 0 Å². The summed E-state index contributed by atoms with van der Waals surface area (Å²) in [5, 5.41) is 4.83. The van der Waals surface area contributed by atoms with Crippen LogP contribution in [-0.2, 0) is 16.6 Å². The lowest BCUT2D eigenvalue weighted by molar-refractivity contribution is 0.590. The molecular weight excluding hydrogens is 352 g/mol. The van der Waals surface area contributed by atoms with E-state index in [-0.39, 0.29) is 12.4 Å². The molecule has 7 heteroatoms. The zero-order valence-corrected chi connectivity index (χ0v) is 14.9. The third kappa shape index (κ3) is 3.50. The molecule has 0 aliphatic carbocycles. The fourth-order valence-corrected chi connectivity index (χ4v) is 4.80. The summed E-state index contributed by atoms with van der Waals surface area (Å²) in [6.07, 6.45) is 1.69. The van der Waals surface area contributed by atoms with Gasteiger partial charge in [-0.15, -0.1) is 23.7 Å². The number of halogens is 1. The van der Waals surface area contributed by atoms with Crippen LogP contribution in [0.3, 0.4) is 0 Å². The molecule has 0 unspecified atom stereocenters. The van der Waals surface area contributed by atoms with Crippen LogP contribution in [0, 0.1) is 0 Å². The van der Waals surface area contributed by atoms with Crippen LogP contribution >= 0.6 is 23.7 Å². The van der Waals surface area contributed by atoms with Gasteiger partial charge in [-0.05, 0) is 35.7 Å². The first-order chi connectivity index (χ1) is 10.6. The molecule has 1 N–H and O–H groups in total. The zero-order chi connectivity index (χ0) is 15.6. The fourth-order valence-electron chi connectivity index (χ4n) is 2.32. The Kier molecular flexibility index (Phi) is 5.64. The van der Waals surface area contributed by atoms with E-state index in [0.717, 1.165) is 11.1 Å². The van der Waals surface area contributed by atoms with Gasteiger partial charge in [0.25, 0.3) is 10.0 Å². The van der Waals surface area contributed by atoms with Crippen molar-refractivity contribution in [2.45, 2.75) is 10.8 Å². The molecule has 2 heterocycles. The minimum Gasteiger partial charge on any atom is -0.316 e. The van der Waals surface area contributed by atoms with E-state index in [9.17, 15) is 8.42 Å². The van der Waals surface area contributed by atoms with Gasteiger partial charge in [-0.1, -0.05) is 36.4 Å². The second-order valence-corrected chi connectivity index (χ2v) is 7.85. The number of benzene rings is 1. The Balaban J connectivity index is 0.00000192. The highest BCUT2D eigenvalue weighted by molar-refractivity contribution is 7.92. The van der Waals surface area contributed by atoms with Crippen LogP contribution in [0.1, 0.15) is 5.56 Å². The van der Waals surface area contributed by atoms with E-state index in [1.54, 1.807) is 23.7 Å². The van der Waals surface area contributed by atoms with E-state index in [1.807, 2.05) is 43.4 Å². The lowest BCUT2D eigenvalue weighted by Gasteiger charge is -2.09. The summed E-state index contributed by atoms with van der Waals surface area (Å²) in [5.41, 5.74) is 2.49. The van der Waals surface area contributed by atoms with Crippen molar-refractivity contribution in [2.75, 3.05) is 7.05 Å². The molecule has 3 aromatic rings. The number of nitrogens with zero attached hydrogens (tertiary/aromatic N) is 1. The van der Waals surface area contributed by atoms with Crippen molar-refractivity contribution in [1.29, 1.82) is 0 Å². The van der Waals surface area contributed by atoms with Crippen LogP contribution in [0.25, 0.3) is 11.3 Å². The summed E-state index contributed by atoms with van der Waals surface area (Å²) in [7, 11) is -1.72. The van der Waals surface area contributed by atoms with E-state index < -0.39 is 10.0 Å². The normalized spacial score (nSPS) is 11.2. The Morgan fingerprint density at radius 3 is 2.48 bits per heavy atom. The first-order valence-corrected chi connectivity index (χ1v) is 9.15. The first-order valence-electron chi connectivity index (χ1n) is 6.83. The van der Waals surface area contributed by atoms with Gasteiger partial charge in [-0.25, -0.2) is 3.97 Å². The van der Waals surface area contributed by atoms with Gasteiger partial charge in [0.2, 0.25) is 0 Å². The van der Waals surface area contributed by atoms with Crippen molar-refractivity contribution in [3.63, 3.8) is 0 Å². The van der Waals surface area contributed by atoms with Gasteiger partial charge >= 0.3 is 0 Å². The average Bonchev–Trinajstić information content (AvgIpc) is 3.18. The fraction of sp³-hybridized carbons (Fsp3) is 0.125. The molecule has 4 nitrogen and oxygen atoms in total. The van der Waals surface area contributed by atoms with Crippen molar-refractivity contribution in [3.8, 4) is 11.3 Å². The standard InChI is InChI=1S/C16H16N2O2S2.ClH/c1-17-11-13-10-15(14-6-3-2-4-7-14)18(12-13)22(19,20)16-8-5-9-21-16;/h2-10,12,17H,11H2,1H3;1H. The van der Waals surface area contributed by atoms with Gasteiger partial charge in [-0.3, -0.25) is 0 Å². The third-order valence-corrected chi connectivity index (χ3v) is 6.35. The van der Waals surface area contributed by atoms with Crippen molar-refractivity contribution in [1.82, 2.24) is 9.29 Å². The van der Waals surface area contributed by atoms with E-state index in [2.05, 4.69) is 5.32 Å². The number of rotatable bonds is 5. The molecule has 0 spiro atoms. The summed E-state index contributed by atoms with van der Waals surface area (Å²) >= 11 is 1.23. The molecule has 0 saturated heterocycles. The molecule has 2 aromatic heterocycles. The molecule has 3 rings (SSSR count). The van der Waals surface area contributed by atoms with Crippen LogP contribution in [0.4, 0.5) is 0 Å². The largest absolute Gasteiger partial charge is 0.316 e. The second-order valence-electron chi connectivity index (χ2n) is 4.86. The topological polar surface area (TPSA) is 51.1 Å². The number of aromatic nitrogens is 1. The van der Waals surface area contributed by atoms with Crippen LogP contribution in [0.5, 0.6) is 0 Å². The van der Waals surface area contributed by atoms with Crippen LogP contribution in [0.15, 0.2) is 64.3 Å². The quantitative estimate of drug-likeness (QED) is 0.748. The average molecular weight is 369 g/mol. The molecule has 1 aromatic carbocycles. The highest BCUT2D eigenvalue weighted by atomic mass is 35.5. The predicted octanol–water partition coefficient (Wildman–Crippen LogP) is 3.59. The SMILES string of the molecule is CNCc1cc(-c2ccccc2)n(S(=O)(=O)c2cccs2)c1.Cl. The second kappa shape index (κ2) is 7.31. The van der Waals surface area contributed by atoms with E-state index in [0.29, 0.717) is 16.4 Å². The molecule has 0 amide bonds. The maximum atomic E-state index is 12.9. The van der Waals surface area contributed by atoms with Gasteiger partial charge in [0.1, 0.15) is 4.21 Å². The van der Waals surface area contributed by atoms with Crippen molar-refractivity contribution >= 4 is 33.8 Å². The van der Waals surface area contributed by atoms with Gasteiger partial charge in [0.15, 0.2) is 0 Å². The molecular formula is C16H17ClN2O2S2. The molecule has 0 fully saturated rings. The Morgan fingerprint density at radius 1 is 1.13 bits per heavy atom. The van der Waals surface area contributed by atoms with Crippen molar-refractivity contribution in [3.05, 3.63) is 65.7 Å². The first kappa shape index (κ1) is 17.7. The van der Waals surface area contributed by atoms with Crippen LogP contribution in [0.2, 0.25) is 0 Å². The van der Waals surface area contributed by atoms with Crippen LogP contribution < -0.4 is 5.32 Å². The molecule has 0 saturated carbocycles. The molecule has 0 aliphatic heterocycles. The third-order valence-electron chi connectivity index (χ3n) is 3.30. The van der Waals surface area contributed by atoms with Gasteiger partial charge in [-0.2, -0.15) is 8.42 Å². The lowest BCUT2D eigenvalue weighted by Crippen LogP contribution is -2.12. The summed E-state index contributed by atoms with van der Waals surface area (Å²) < 4.78 is 27.4. The molecule has 0 bridgehead atoms. The smallest absolute Gasteiger partial charge is 0.277 e. The number of nitrogens with one attached hydrogen (secondary N) is 1. The summed E-state index contributed by atoms with van der Waals surface area (Å²) in [4.78, 5) is 0. The molecule has 23 heavy (non-hydrogen) atoms. The lowest BCUT2D eigenvalue weighted by atomic mass is 10.1. The maximum Gasteiger partial charge on any atom is 0.277 e. The Hall–Kier alpha value is -1.60. The molecule has 0 atom stereocenters. The predicted molar refractivity (Wildman–Crippen MR) is 96.8 cm³/mol. The van der Waals surface area contributed by atoms with E-state index in [4.69, 9.17) is 0 Å². The summed E-state index contributed by atoms with van der Waals surface area (Å²) in [5.74, 6) is 0. The number of thiophene rings is 1. The highest BCUT2D eigenvalue weighted by Gasteiger charge is 2.22. The Bertz CT molecular complexity index is 857. The minimum absolute atomic E-state index is 0. The van der Waals surface area contributed by atoms with Crippen LogP contribution in [-0.4, -0.2) is 19.4 Å².